The summed E-state index contributed by atoms with van der Waals surface area (Å²) < 4.78 is 0. The molecule has 0 unspecified atom stereocenters. The van der Waals surface area contributed by atoms with Gasteiger partial charge in [-0.2, -0.15) is 0 Å². The van der Waals surface area contributed by atoms with Gasteiger partial charge in [0, 0.05) is 13.1 Å². The Morgan fingerprint density at radius 1 is 1.29 bits per heavy atom. The van der Waals surface area contributed by atoms with Gasteiger partial charge in [0.15, 0.2) is 0 Å². The van der Waals surface area contributed by atoms with Crippen molar-refractivity contribution in [1.82, 2.24) is 4.90 Å². The molecule has 0 bridgehead atoms. The van der Waals surface area contributed by atoms with Crippen molar-refractivity contribution in [2.45, 2.75) is 18.9 Å². The summed E-state index contributed by atoms with van der Waals surface area (Å²) in [5.41, 5.74) is 0. The first-order chi connectivity index (χ1) is 6.59. The van der Waals surface area contributed by atoms with Crippen molar-refractivity contribution in [3.05, 3.63) is 0 Å². The van der Waals surface area contributed by atoms with Crippen LogP contribution in [-0.2, 0) is 9.59 Å². The quantitative estimate of drug-likeness (QED) is 0.616. The maximum Gasteiger partial charge on any atom is 0.307 e. The van der Waals surface area contributed by atoms with Crippen LogP contribution in [0.2, 0.25) is 0 Å². The standard InChI is InChI=1S/C9H13NO4/c11-5-1-2-10(4-5)8(12)6-3-7(6)9(13)14/h5-7,11H,1-4H2,(H,13,14)/t5-,6-,7+/m1/s1. The fourth-order valence-corrected chi connectivity index (χ4v) is 1.92. The van der Waals surface area contributed by atoms with Gasteiger partial charge in [-0.15, -0.1) is 0 Å². The van der Waals surface area contributed by atoms with Gasteiger partial charge in [0.1, 0.15) is 0 Å². The summed E-state index contributed by atoms with van der Waals surface area (Å²) in [4.78, 5) is 23.7. The summed E-state index contributed by atoms with van der Waals surface area (Å²) >= 11 is 0. The molecule has 0 radical (unpaired) electrons. The number of aliphatic hydroxyl groups is 1. The van der Waals surface area contributed by atoms with E-state index in [9.17, 15) is 14.7 Å². The van der Waals surface area contributed by atoms with E-state index in [1.54, 1.807) is 4.90 Å². The number of likely N-dealkylation sites (tertiary alicyclic amines) is 1. The average Bonchev–Trinajstić information content (AvgIpc) is 2.82. The summed E-state index contributed by atoms with van der Waals surface area (Å²) in [5.74, 6) is -1.81. The van der Waals surface area contributed by atoms with E-state index in [4.69, 9.17) is 5.11 Å². The van der Waals surface area contributed by atoms with Crippen molar-refractivity contribution < 1.29 is 19.8 Å². The lowest BCUT2D eigenvalue weighted by Crippen LogP contribution is -2.31. The lowest BCUT2D eigenvalue weighted by molar-refractivity contribution is -0.141. The number of hydrogen-bond acceptors (Lipinski definition) is 3. The Morgan fingerprint density at radius 2 is 2.00 bits per heavy atom. The molecule has 1 saturated heterocycles. The first-order valence-electron chi connectivity index (χ1n) is 4.79. The fourth-order valence-electron chi connectivity index (χ4n) is 1.92. The van der Waals surface area contributed by atoms with Crippen LogP contribution < -0.4 is 0 Å². The van der Waals surface area contributed by atoms with E-state index in [2.05, 4.69) is 0 Å². The van der Waals surface area contributed by atoms with E-state index in [1.807, 2.05) is 0 Å². The number of hydrogen-bond donors (Lipinski definition) is 2. The van der Waals surface area contributed by atoms with Crippen LogP contribution in [0.15, 0.2) is 0 Å². The van der Waals surface area contributed by atoms with Gasteiger partial charge in [-0.25, -0.2) is 0 Å². The Balaban J connectivity index is 1.88. The van der Waals surface area contributed by atoms with Crippen LogP contribution in [0.25, 0.3) is 0 Å². The molecule has 3 atom stereocenters. The molecule has 1 saturated carbocycles. The molecule has 14 heavy (non-hydrogen) atoms. The molecule has 1 heterocycles. The second-order valence-corrected chi connectivity index (χ2v) is 4.01. The molecule has 1 aliphatic heterocycles. The smallest absolute Gasteiger partial charge is 0.307 e. The third-order valence-corrected chi connectivity index (χ3v) is 2.90. The highest BCUT2D eigenvalue weighted by Gasteiger charge is 2.50. The van der Waals surface area contributed by atoms with Crippen molar-refractivity contribution in [3.8, 4) is 0 Å². The van der Waals surface area contributed by atoms with Crippen LogP contribution in [0.5, 0.6) is 0 Å². The summed E-state index contributed by atoms with van der Waals surface area (Å²) in [5, 5.41) is 17.9. The number of nitrogens with zero attached hydrogens (tertiary/aromatic N) is 1. The van der Waals surface area contributed by atoms with E-state index in [1.165, 1.54) is 0 Å². The largest absolute Gasteiger partial charge is 0.481 e. The molecule has 5 nitrogen and oxygen atoms in total. The number of amides is 1. The highest BCUT2D eigenvalue weighted by Crippen LogP contribution is 2.40. The Kier molecular flexibility index (Phi) is 2.19. The predicted octanol–water partition coefficient (Wildman–Crippen LogP) is -0.700. The molecule has 0 aromatic heterocycles. The number of carboxylic acids is 1. The van der Waals surface area contributed by atoms with E-state index in [0.29, 0.717) is 25.9 Å². The van der Waals surface area contributed by atoms with Crippen molar-refractivity contribution in [2.24, 2.45) is 11.8 Å². The molecule has 2 fully saturated rings. The molecule has 2 N–H and O–H groups in total. The zero-order valence-electron chi connectivity index (χ0n) is 7.72. The number of β-amino-alcohol motifs (C(OH)–C–C–N with tert-alkyl or cyclic N) is 1. The van der Waals surface area contributed by atoms with Crippen LogP contribution in [-0.4, -0.2) is 46.2 Å². The van der Waals surface area contributed by atoms with Gasteiger partial charge < -0.3 is 15.1 Å². The third-order valence-electron chi connectivity index (χ3n) is 2.90. The zero-order valence-corrected chi connectivity index (χ0v) is 7.72. The van der Waals surface area contributed by atoms with Crippen LogP contribution in [0, 0.1) is 11.8 Å². The minimum absolute atomic E-state index is 0.103. The summed E-state index contributed by atoms with van der Waals surface area (Å²) in [6.45, 7) is 0.921. The summed E-state index contributed by atoms with van der Waals surface area (Å²) in [6.07, 6.45) is 0.637. The van der Waals surface area contributed by atoms with Crippen molar-refractivity contribution in [3.63, 3.8) is 0 Å². The van der Waals surface area contributed by atoms with Gasteiger partial charge in [-0.3, -0.25) is 9.59 Å². The first-order valence-corrected chi connectivity index (χ1v) is 4.79. The fraction of sp³-hybridized carbons (Fsp3) is 0.778. The molecule has 0 aromatic rings. The van der Waals surface area contributed by atoms with Crippen molar-refractivity contribution >= 4 is 11.9 Å². The van der Waals surface area contributed by atoms with Gasteiger partial charge in [-0.05, 0) is 12.8 Å². The molecular formula is C9H13NO4. The van der Waals surface area contributed by atoms with Crippen LogP contribution >= 0.6 is 0 Å². The lowest BCUT2D eigenvalue weighted by atomic mass is 10.3. The van der Waals surface area contributed by atoms with Gasteiger partial charge in [0.2, 0.25) is 5.91 Å². The number of rotatable bonds is 2. The summed E-state index contributed by atoms with van der Waals surface area (Å²) in [6, 6.07) is 0. The molecular weight excluding hydrogens is 186 g/mol. The number of carbonyl (C=O) groups excluding carboxylic acids is 1. The first kappa shape index (κ1) is 9.45. The highest BCUT2D eigenvalue weighted by atomic mass is 16.4. The molecule has 78 valence electrons. The molecule has 1 aliphatic carbocycles. The molecule has 5 heteroatoms. The van der Waals surface area contributed by atoms with Gasteiger partial charge in [0.05, 0.1) is 17.9 Å². The van der Waals surface area contributed by atoms with E-state index in [-0.39, 0.29) is 11.8 Å². The lowest BCUT2D eigenvalue weighted by Gasteiger charge is -2.14. The molecule has 1 amide bonds. The Morgan fingerprint density at radius 3 is 2.43 bits per heavy atom. The number of carbonyl (C=O) groups is 2. The van der Waals surface area contributed by atoms with E-state index >= 15 is 0 Å². The SMILES string of the molecule is O=C(O)[C@H]1C[C@H]1C(=O)N1CC[C@@H](O)C1. The van der Waals surface area contributed by atoms with Crippen LogP contribution in [0.4, 0.5) is 0 Å². The molecule has 2 aliphatic rings. The topological polar surface area (TPSA) is 77.8 Å². The number of aliphatic carboxylic acids is 1. The zero-order chi connectivity index (χ0) is 10.3. The van der Waals surface area contributed by atoms with Gasteiger partial charge in [-0.1, -0.05) is 0 Å². The molecule has 2 rings (SSSR count). The van der Waals surface area contributed by atoms with Crippen LogP contribution in [0.1, 0.15) is 12.8 Å². The average molecular weight is 199 g/mol. The Labute approximate surface area is 81.3 Å². The Hall–Kier alpha value is -1.10. The number of aliphatic hydroxyl groups excluding tert-OH is 1. The third kappa shape index (κ3) is 1.59. The number of carboxylic acid groups (broad SMARTS) is 1. The van der Waals surface area contributed by atoms with Crippen LogP contribution in [0.3, 0.4) is 0 Å². The van der Waals surface area contributed by atoms with Gasteiger partial charge >= 0.3 is 5.97 Å². The minimum Gasteiger partial charge on any atom is -0.481 e. The molecule has 0 aromatic carbocycles. The Bertz CT molecular complexity index is 278. The second-order valence-electron chi connectivity index (χ2n) is 4.01. The maximum absolute atomic E-state index is 11.6. The normalized spacial score (nSPS) is 35.8. The summed E-state index contributed by atoms with van der Waals surface area (Å²) in [7, 11) is 0. The maximum atomic E-state index is 11.6. The van der Waals surface area contributed by atoms with E-state index < -0.39 is 18.0 Å². The highest BCUT2D eigenvalue weighted by molar-refractivity contribution is 5.89. The van der Waals surface area contributed by atoms with Gasteiger partial charge in [0.25, 0.3) is 0 Å². The van der Waals surface area contributed by atoms with Crippen molar-refractivity contribution in [1.29, 1.82) is 0 Å². The second kappa shape index (κ2) is 3.24. The minimum atomic E-state index is -0.886. The van der Waals surface area contributed by atoms with E-state index in [0.717, 1.165) is 0 Å². The monoisotopic (exact) mass is 199 g/mol. The molecule has 0 spiro atoms. The van der Waals surface area contributed by atoms with Crippen molar-refractivity contribution in [2.75, 3.05) is 13.1 Å². The predicted molar refractivity (Wildman–Crippen MR) is 46.4 cm³/mol.